The van der Waals surface area contributed by atoms with Crippen molar-refractivity contribution in [2.75, 3.05) is 7.05 Å². The Morgan fingerprint density at radius 2 is 2.16 bits per heavy atom. The lowest BCUT2D eigenvalue weighted by atomic mass is 10.2. The molecule has 1 aliphatic rings. The summed E-state index contributed by atoms with van der Waals surface area (Å²) >= 11 is 3.15. The van der Waals surface area contributed by atoms with Gasteiger partial charge in [0.2, 0.25) is 0 Å². The minimum Gasteiger partial charge on any atom is -0.354 e. The van der Waals surface area contributed by atoms with Crippen molar-refractivity contribution in [2.45, 2.75) is 38.3 Å². The summed E-state index contributed by atoms with van der Waals surface area (Å²) in [6, 6.07) is 5.66. The molecule has 0 aliphatic heterocycles. The summed E-state index contributed by atoms with van der Waals surface area (Å²) in [7, 11) is 1.76. The number of benzene rings is 1. The highest BCUT2D eigenvalue weighted by Gasteiger charge is 2.15. The molecule has 0 aromatic heterocycles. The van der Waals surface area contributed by atoms with Crippen molar-refractivity contribution in [3.8, 4) is 0 Å². The normalized spacial score (nSPS) is 16.7. The van der Waals surface area contributed by atoms with E-state index >= 15 is 0 Å². The number of nitrogens with one attached hydrogen (secondary N) is 2. The van der Waals surface area contributed by atoms with E-state index in [4.69, 9.17) is 0 Å². The van der Waals surface area contributed by atoms with E-state index in [0.29, 0.717) is 17.1 Å². The highest BCUT2D eigenvalue weighted by Crippen LogP contribution is 2.18. The second-order valence-corrected chi connectivity index (χ2v) is 5.65. The zero-order chi connectivity index (χ0) is 13.7. The molecule has 104 valence electrons. The summed E-state index contributed by atoms with van der Waals surface area (Å²) in [5, 5.41) is 6.61. The van der Waals surface area contributed by atoms with Crippen LogP contribution in [0.3, 0.4) is 0 Å². The quantitative estimate of drug-likeness (QED) is 0.660. The van der Waals surface area contributed by atoms with E-state index in [-0.39, 0.29) is 5.82 Å². The predicted molar refractivity (Wildman–Crippen MR) is 79.7 cm³/mol. The van der Waals surface area contributed by atoms with Crippen molar-refractivity contribution in [3.63, 3.8) is 0 Å². The van der Waals surface area contributed by atoms with Crippen LogP contribution in [0.25, 0.3) is 0 Å². The lowest BCUT2D eigenvalue weighted by Crippen LogP contribution is -2.41. The first kappa shape index (κ1) is 14.3. The molecule has 0 atom stereocenters. The van der Waals surface area contributed by atoms with Gasteiger partial charge in [0.1, 0.15) is 5.82 Å². The topological polar surface area (TPSA) is 36.4 Å². The first-order chi connectivity index (χ1) is 9.19. The molecule has 0 unspecified atom stereocenters. The number of nitrogens with zero attached hydrogens (tertiary/aromatic N) is 1. The van der Waals surface area contributed by atoms with Gasteiger partial charge < -0.3 is 10.6 Å². The van der Waals surface area contributed by atoms with Crippen LogP contribution in [0.4, 0.5) is 4.39 Å². The Bertz CT molecular complexity index is 456. The number of hydrogen-bond donors (Lipinski definition) is 2. The number of guanidine groups is 1. The molecule has 19 heavy (non-hydrogen) atoms. The van der Waals surface area contributed by atoms with E-state index in [9.17, 15) is 4.39 Å². The Labute approximate surface area is 121 Å². The van der Waals surface area contributed by atoms with Crippen molar-refractivity contribution in [2.24, 2.45) is 4.99 Å². The second kappa shape index (κ2) is 6.89. The lowest BCUT2D eigenvalue weighted by molar-refractivity contribution is 0.609. The minimum atomic E-state index is -0.238. The van der Waals surface area contributed by atoms with Crippen molar-refractivity contribution < 1.29 is 4.39 Å². The monoisotopic (exact) mass is 327 g/mol. The number of rotatable bonds is 3. The van der Waals surface area contributed by atoms with Crippen LogP contribution in [0.15, 0.2) is 27.7 Å². The third kappa shape index (κ3) is 4.20. The van der Waals surface area contributed by atoms with Crippen LogP contribution >= 0.6 is 15.9 Å². The molecule has 0 heterocycles. The summed E-state index contributed by atoms with van der Waals surface area (Å²) in [6.45, 7) is 0.566. The van der Waals surface area contributed by atoms with Crippen LogP contribution in [0.1, 0.15) is 31.2 Å². The first-order valence-corrected chi connectivity index (χ1v) is 7.39. The van der Waals surface area contributed by atoms with E-state index in [1.165, 1.54) is 31.7 Å². The fourth-order valence-corrected chi connectivity index (χ4v) is 2.54. The number of hydrogen-bond acceptors (Lipinski definition) is 1. The molecule has 1 fully saturated rings. The largest absolute Gasteiger partial charge is 0.354 e. The number of aliphatic imine (C=N–C) groups is 1. The van der Waals surface area contributed by atoms with Crippen molar-refractivity contribution >= 4 is 21.9 Å². The highest BCUT2D eigenvalue weighted by atomic mass is 79.9. The van der Waals surface area contributed by atoms with Gasteiger partial charge in [0.05, 0.1) is 4.47 Å². The average molecular weight is 328 g/mol. The molecule has 0 saturated heterocycles. The molecular formula is C14H19BrFN3. The average Bonchev–Trinajstić information content (AvgIpc) is 2.91. The molecule has 5 heteroatoms. The molecule has 0 spiro atoms. The zero-order valence-corrected chi connectivity index (χ0v) is 12.6. The third-order valence-corrected chi connectivity index (χ3v) is 4.01. The summed E-state index contributed by atoms with van der Waals surface area (Å²) < 4.78 is 13.9. The Morgan fingerprint density at radius 3 is 2.79 bits per heavy atom. The van der Waals surface area contributed by atoms with Crippen molar-refractivity contribution in [1.82, 2.24) is 10.6 Å². The Hall–Kier alpha value is -1.10. The maximum atomic E-state index is 13.4. The minimum absolute atomic E-state index is 0.238. The Morgan fingerprint density at radius 1 is 1.42 bits per heavy atom. The maximum Gasteiger partial charge on any atom is 0.191 e. The van der Waals surface area contributed by atoms with E-state index in [1.54, 1.807) is 13.1 Å². The molecule has 0 amide bonds. The van der Waals surface area contributed by atoms with Gasteiger partial charge in [0.15, 0.2) is 5.96 Å². The van der Waals surface area contributed by atoms with Gasteiger partial charge in [-0.3, -0.25) is 4.99 Å². The van der Waals surface area contributed by atoms with Gasteiger partial charge >= 0.3 is 0 Å². The maximum absolute atomic E-state index is 13.4. The van der Waals surface area contributed by atoms with Crippen LogP contribution in [-0.4, -0.2) is 19.0 Å². The zero-order valence-electron chi connectivity index (χ0n) is 11.0. The fraction of sp³-hybridized carbons (Fsp3) is 0.500. The van der Waals surface area contributed by atoms with Gasteiger partial charge in [-0.05, 0) is 46.5 Å². The van der Waals surface area contributed by atoms with Crippen LogP contribution in [0, 0.1) is 5.82 Å². The lowest BCUT2D eigenvalue weighted by Gasteiger charge is -2.16. The van der Waals surface area contributed by atoms with E-state index < -0.39 is 0 Å². The highest BCUT2D eigenvalue weighted by molar-refractivity contribution is 9.10. The molecule has 1 aromatic rings. The standard InChI is InChI=1S/C14H19BrFN3/c1-17-14(19-11-4-2-3-5-11)18-9-10-6-7-12(15)13(16)8-10/h6-8,11H,2-5,9H2,1H3,(H2,17,18,19). The SMILES string of the molecule is CN=C(NCc1ccc(Br)c(F)c1)NC1CCCC1. The van der Waals surface area contributed by atoms with Crippen molar-refractivity contribution in [1.29, 1.82) is 0 Å². The number of halogens is 2. The van der Waals surface area contributed by atoms with Gasteiger partial charge in [0, 0.05) is 19.6 Å². The molecule has 0 radical (unpaired) electrons. The third-order valence-electron chi connectivity index (χ3n) is 3.36. The second-order valence-electron chi connectivity index (χ2n) is 4.80. The Balaban J connectivity index is 1.86. The summed E-state index contributed by atoms with van der Waals surface area (Å²) in [5.74, 6) is 0.549. The molecular weight excluding hydrogens is 309 g/mol. The van der Waals surface area contributed by atoms with E-state index in [1.807, 2.05) is 6.07 Å². The smallest absolute Gasteiger partial charge is 0.191 e. The molecule has 3 nitrogen and oxygen atoms in total. The van der Waals surface area contributed by atoms with E-state index in [0.717, 1.165) is 11.5 Å². The summed E-state index contributed by atoms with van der Waals surface area (Å²) in [5.41, 5.74) is 0.898. The van der Waals surface area contributed by atoms with Gasteiger partial charge in [-0.15, -0.1) is 0 Å². The summed E-state index contributed by atoms with van der Waals surface area (Å²) in [6.07, 6.45) is 4.97. The van der Waals surface area contributed by atoms with Crippen LogP contribution < -0.4 is 10.6 Å². The molecule has 1 saturated carbocycles. The van der Waals surface area contributed by atoms with Gasteiger partial charge in [-0.2, -0.15) is 0 Å². The van der Waals surface area contributed by atoms with Gasteiger partial charge in [-0.25, -0.2) is 4.39 Å². The van der Waals surface area contributed by atoms with E-state index in [2.05, 4.69) is 31.6 Å². The van der Waals surface area contributed by atoms with Gasteiger partial charge in [0.25, 0.3) is 0 Å². The fourth-order valence-electron chi connectivity index (χ4n) is 2.29. The molecule has 2 rings (SSSR count). The molecule has 0 bridgehead atoms. The molecule has 1 aromatic carbocycles. The first-order valence-electron chi connectivity index (χ1n) is 6.60. The van der Waals surface area contributed by atoms with Crippen LogP contribution in [0.2, 0.25) is 0 Å². The molecule has 1 aliphatic carbocycles. The van der Waals surface area contributed by atoms with Gasteiger partial charge in [-0.1, -0.05) is 18.9 Å². The summed E-state index contributed by atoms with van der Waals surface area (Å²) in [4.78, 5) is 4.20. The molecule has 2 N–H and O–H groups in total. The van der Waals surface area contributed by atoms with Crippen LogP contribution in [0.5, 0.6) is 0 Å². The van der Waals surface area contributed by atoms with Crippen molar-refractivity contribution in [3.05, 3.63) is 34.1 Å². The Kier molecular flexibility index (Phi) is 5.19. The predicted octanol–water partition coefficient (Wildman–Crippen LogP) is 3.20. The van der Waals surface area contributed by atoms with Crippen LogP contribution in [-0.2, 0) is 6.54 Å².